The summed E-state index contributed by atoms with van der Waals surface area (Å²) in [5.74, 6) is 4.14. The number of ether oxygens (including phenoxy) is 1. The van der Waals surface area contributed by atoms with Gasteiger partial charge < -0.3 is 10.5 Å². The molecule has 5 nitrogen and oxygen atoms in total. The van der Waals surface area contributed by atoms with E-state index in [1.165, 1.54) is 13.2 Å². The van der Waals surface area contributed by atoms with Crippen LogP contribution >= 0.6 is 0 Å². The molecule has 1 rings (SSSR count). The third-order valence-electron chi connectivity index (χ3n) is 1.62. The molecule has 5 heteroatoms. The number of carbonyl (C=O) groups is 2. The quantitative estimate of drug-likeness (QED) is 0.563. The van der Waals surface area contributed by atoms with Crippen molar-refractivity contribution in [1.29, 1.82) is 0 Å². The van der Waals surface area contributed by atoms with E-state index in [1.54, 1.807) is 12.1 Å². The molecule has 0 aromatic carbocycles. The lowest BCUT2D eigenvalue weighted by molar-refractivity contribution is -0.117. The highest BCUT2D eigenvalue weighted by molar-refractivity contribution is 5.87. The van der Waals surface area contributed by atoms with Crippen molar-refractivity contribution < 1.29 is 14.3 Å². The van der Waals surface area contributed by atoms with E-state index in [2.05, 4.69) is 21.6 Å². The van der Waals surface area contributed by atoms with Gasteiger partial charge in [-0.15, -0.1) is 0 Å². The maximum absolute atomic E-state index is 11.1. The van der Waals surface area contributed by atoms with Crippen molar-refractivity contribution >= 4 is 11.9 Å². The van der Waals surface area contributed by atoms with Crippen LogP contribution in [0, 0.1) is 11.8 Å². The van der Waals surface area contributed by atoms with Gasteiger partial charge in [-0.3, -0.25) is 4.79 Å². The average molecular weight is 218 g/mol. The van der Waals surface area contributed by atoms with Crippen molar-refractivity contribution in [3.8, 4) is 11.8 Å². The van der Waals surface area contributed by atoms with Gasteiger partial charge in [-0.1, -0.05) is 12.0 Å². The van der Waals surface area contributed by atoms with Gasteiger partial charge in [0.05, 0.1) is 13.5 Å². The Labute approximate surface area is 92.6 Å². The molecule has 0 bridgehead atoms. The second-order valence-corrected chi connectivity index (χ2v) is 2.84. The number of esters is 1. The fraction of sp³-hybridized carbons (Fsp3) is 0.182. The number of methoxy groups -OCH3 is 1. The van der Waals surface area contributed by atoms with E-state index in [0.29, 0.717) is 5.69 Å². The number of carbonyl (C=O) groups excluding carboxylic acids is 2. The molecule has 2 N–H and O–H groups in total. The first-order chi connectivity index (χ1) is 7.63. The molecule has 0 fully saturated rings. The van der Waals surface area contributed by atoms with Gasteiger partial charge in [-0.05, 0) is 18.1 Å². The molecule has 0 aliphatic carbocycles. The molecular weight excluding hydrogens is 208 g/mol. The number of primary amides is 1. The monoisotopic (exact) mass is 218 g/mol. The summed E-state index contributed by atoms with van der Waals surface area (Å²) in [7, 11) is 1.27. The summed E-state index contributed by atoms with van der Waals surface area (Å²) in [5.41, 5.74) is 5.49. The number of hydrogen-bond donors (Lipinski definition) is 1. The van der Waals surface area contributed by atoms with Crippen molar-refractivity contribution in [3.05, 3.63) is 29.6 Å². The van der Waals surface area contributed by atoms with Crippen LogP contribution in [-0.4, -0.2) is 24.0 Å². The average Bonchev–Trinajstić information content (AvgIpc) is 2.28. The highest BCUT2D eigenvalue weighted by Gasteiger charge is 2.05. The lowest BCUT2D eigenvalue weighted by Crippen LogP contribution is -2.08. The Balaban J connectivity index is 2.85. The number of rotatable bonds is 2. The normalized spacial score (nSPS) is 8.81. The fourth-order valence-corrected chi connectivity index (χ4v) is 0.944. The highest BCUT2D eigenvalue weighted by Crippen LogP contribution is 1.99. The third-order valence-corrected chi connectivity index (χ3v) is 1.62. The number of amides is 1. The van der Waals surface area contributed by atoms with Crippen LogP contribution in [0.1, 0.15) is 22.6 Å². The topological polar surface area (TPSA) is 82.3 Å². The smallest absolute Gasteiger partial charge is 0.356 e. The van der Waals surface area contributed by atoms with Crippen molar-refractivity contribution in [2.75, 3.05) is 7.11 Å². The van der Waals surface area contributed by atoms with Gasteiger partial charge in [0, 0.05) is 0 Å². The summed E-state index contributed by atoms with van der Waals surface area (Å²) in [6, 6.07) is 4.78. The lowest BCUT2D eigenvalue weighted by atomic mass is 10.3. The SMILES string of the molecule is COC(=O)c1cccc(C#CCC(N)=O)n1. The van der Waals surface area contributed by atoms with Crippen LogP contribution in [-0.2, 0) is 9.53 Å². The first kappa shape index (κ1) is 11.7. The summed E-state index contributed by atoms with van der Waals surface area (Å²) < 4.78 is 4.51. The van der Waals surface area contributed by atoms with Gasteiger partial charge in [0.25, 0.3) is 0 Å². The van der Waals surface area contributed by atoms with Gasteiger partial charge in [-0.2, -0.15) is 0 Å². The molecule has 1 heterocycles. The number of hydrogen-bond acceptors (Lipinski definition) is 4. The molecule has 0 radical (unpaired) electrons. The maximum Gasteiger partial charge on any atom is 0.356 e. The Hall–Kier alpha value is -2.35. The van der Waals surface area contributed by atoms with Crippen LogP contribution in [0.15, 0.2) is 18.2 Å². The second-order valence-electron chi connectivity index (χ2n) is 2.84. The molecule has 0 saturated carbocycles. The first-order valence-corrected chi connectivity index (χ1v) is 4.46. The first-order valence-electron chi connectivity index (χ1n) is 4.46. The van der Waals surface area contributed by atoms with Crippen LogP contribution in [0.5, 0.6) is 0 Å². The molecule has 1 aromatic heterocycles. The number of aromatic nitrogens is 1. The zero-order valence-corrected chi connectivity index (χ0v) is 8.69. The van der Waals surface area contributed by atoms with Crippen LogP contribution in [0.4, 0.5) is 0 Å². The standard InChI is InChI=1S/C11H10N2O3/c1-16-11(15)9-6-2-4-8(13-9)5-3-7-10(12)14/h2,4,6H,7H2,1H3,(H2,12,14). The van der Waals surface area contributed by atoms with Crippen LogP contribution in [0.3, 0.4) is 0 Å². The lowest BCUT2D eigenvalue weighted by Gasteiger charge is -1.97. The van der Waals surface area contributed by atoms with Gasteiger partial charge >= 0.3 is 5.97 Å². The summed E-state index contributed by atoms with van der Waals surface area (Å²) >= 11 is 0. The Morgan fingerprint density at radius 1 is 1.50 bits per heavy atom. The van der Waals surface area contributed by atoms with E-state index in [-0.39, 0.29) is 12.1 Å². The molecule has 0 spiro atoms. The maximum atomic E-state index is 11.1. The van der Waals surface area contributed by atoms with Gasteiger partial charge in [0.15, 0.2) is 0 Å². The highest BCUT2D eigenvalue weighted by atomic mass is 16.5. The van der Waals surface area contributed by atoms with Gasteiger partial charge in [0.2, 0.25) is 5.91 Å². The molecule has 1 aromatic rings. The Morgan fingerprint density at radius 3 is 2.88 bits per heavy atom. The van der Waals surface area contributed by atoms with E-state index < -0.39 is 11.9 Å². The summed E-state index contributed by atoms with van der Waals surface area (Å²) in [4.78, 5) is 25.5. The number of pyridine rings is 1. The Morgan fingerprint density at radius 2 is 2.25 bits per heavy atom. The molecule has 0 atom stereocenters. The van der Waals surface area contributed by atoms with E-state index >= 15 is 0 Å². The molecule has 0 unspecified atom stereocenters. The Kier molecular flexibility index (Phi) is 4.04. The predicted molar refractivity (Wildman–Crippen MR) is 56.3 cm³/mol. The summed E-state index contributed by atoms with van der Waals surface area (Å²) in [6.07, 6.45) is -0.0376. The fourth-order valence-electron chi connectivity index (χ4n) is 0.944. The van der Waals surface area contributed by atoms with E-state index in [9.17, 15) is 9.59 Å². The molecule has 0 saturated heterocycles. The van der Waals surface area contributed by atoms with Crippen molar-refractivity contribution in [1.82, 2.24) is 4.98 Å². The molecule has 16 heavy (non-hydrogen) atoms. The van der Waals surface area contributed by atoms with Crippen molar-refractivity contribution in [3.63, 3.8) is 0 Å². The largest absolute Gasteiger partial charge is 0.464 e. The molecular formula is C11H10N2O3. The zero-order valence-electron chi connectivity index (χ0n) is 8.69. The second kappa shape index (κ2) is 5.51. The molecule has 0 aliphatic heterocycles. The predicted octanol–water partition coefficient (Wildman–Crippen LogP) is 0.0951. The Bertz CT molecular complexity index is 472. The molecule has 82 valence electrons. The third kappa shape index (κ3) is 3.42. The van der Waals surface area contributed by atoms with E-state index in [4.69, 9.17) is 5.73 Å². The van der Waals surface area contributed by atoms with Crippen LogP contribution in [0.25, 0.3) is 0 Å². The number of nitrogens with zero attached hydrogens (tertiary/aromatic N) is 1. The minimum Gasteiger partial charge on any atom is -0.464 e. The number of nitrogens with two attached hydrogens (primary N) is 1. The van der Waals surface area contributed by atoms with Gasteiger partial charge in [-0.25, -0.2) is 9.78 Å². The van der Waals surface area contributed by atoms with E-state index in [1.807, 2.05) is 0 Å². The van der Waals surface area contributed by atoms with Crippen LogP contribution < -0.4 is 5.73 Å². The van der Waals surface area contributed by atoms with Crippen LogP contribution in [0.2, 0.25) is 0 Å². The summed E-state index contributed by atoms with van der Waals surface area (Å²) in [6.45, 7) is 0. The minimum absolute atomic E-state index is 0.0376. The van der Waals surface area contributed by atoms with Gasteiger partial charge in [0.1, 0.15) is 11.4 Å². The summed E-state index contributed by atoms with van der Waals surface area (Å²) in [5, 5.41) is 0. The zero-order chi connectivity index (χ0) is 12.0. The molecule has 1 amide bonds. The van der Waals surface area contributed by atoms with Crippen molar-refractivity contribution in [2.45, 2.75) is 6.42 Å². The molecule has 0 aliphatic rings. The van der Waals surface area contributed by atoms with E-state index in [0.717, 1.165) is 0 Å². The van der Waals surface area contributed by atoms with Crippen molar-refractivity contribution in [2.24, 2.45) is 5.73 Å². The minimum atomic E-state index is -0.529.